The second-order valence-electron chi connectivity index (χ2n) is 19.8. The van der Waals surface area contributed by atoms with Crippen molar-refractivity contribution in [2.24, 2.45) is 35.5 Å². The van der Waals surface area contributed by atoms with E-state index in [0.717, 1.165) is 12.0 Å². The van der Waals surface area contributed by atoms with Gasteiger partial charge in [-0.25, -0.2) is 4.79 Å². The third-order valence-corrected chi connectivity index (χ3v) is 14.8. The number of ether oxygens (including phenoxy) is 5. The normalized spacial score (nSPS) is 38.7. The second kappa shape index (κ2) is 25.8. The van der Waals surface area contributed by atoms with Gasteiger partial charge in [0, 0.05) is 58.5 Å². The summed E-state index contributed by atoms with van der Waals surface area (Å²) in [6.45, 7) is 12.9. The van der Waals surface area contributed by atoms with Gasteiger partial charge in [-0.15, -0.1) is 0 Å². The quantitative estimate of drug-likeness (QED) is 0.141. The number of cyclic esters (lactones) is 1. The first kappa shape index (κ1) is 55.2. The van der Waals surface area contributed by atoms with Gasteiger partial charge >= 0.3 is 5.97 Å². The summed E-state index contributed by atoms with van der Waals surface area (Å²) in [4.78, 5) is 72.2. The fraction of sp³-hybridized carbons (Fsp3) is 0.750. The first-order valence-electron chi connectivity index (χ1n) is 24.5. The van der Waals surface area contributed by atoms with E-state index in [9.17, 15) is 39.3 Å². The molecular weight excluding hydrogens is 847 g/mol. The lowest BCUT2D eigenvalue weighted by molar-refractivity contribution is -0.269. The number of ketones is 3. The van der Waals surface area contributed by atoms with Gasteiger partial charge in [-0.05, 0) is 113 Å². The first-order valence-corrected chi connectivity index (χ1v) is 24.5. The molecule has 14 nitrogen and oxygen atoms in total. The van der Waals surface area contributed by atoms with Crippen LogP contribution in [0, 0.1) is 35.5 Å². The number of carbonyl (C=O) groups excluding carboxylic acids is 5. The van der Waals surface area contributed by atoms with Crippen LogP contribution in [0.5, 0.6) is 0 Å². The molecule has 14 heteroatoms. The summed E-state index contributed by atoms with van der Waals surface area (Å²) in [6.07, 6.45) is 11.6. The molecular formula is C52H81NO13. The minimum Gasteiger partial charge on any atom is -0.460 e. The van der Waals surface area contributed by atoms with Crippen molar-refractivity contribution < 1.29 is 63.0 Å². The lowest BCUT2D eigenvalue weighted by atomic mass is 9.78. The number of esters is 1. The van der Waals surface area contributed by atoms with Crippen molar-refractivity contribution in [3.8, 4) is 0 Å². The average molecular weight is 928 g/mol. The molecule has 1 amide bonds. The smallest absolute Gasteiger partial charge is 0.329 e. The van der Waals surface area contributed by atoms with Gasteiger partial charge in [0.2, 0.25) is 5.79 Å². The van der Waals surface area contributed by atoms with Crippen LogP contribution in [-0.4, -0.2) is 132 Å². The summed E-state index contributed by atoms with van der Waals surface area (Å²) >= 11 is 0. The number of piperidine rings is 1. The molecule has 372 valence electrons. The lowest BCUT2D eigenvalue weighted by Gasteiger charge is -2.43. The number of carbonyl (C=O) groups is 5. The summed E-state index contributed by atoms with van der Waals surface area (Å²) in [5.41, 5.74) is 1.27. The Balaban J connectivity index is 1.72. The summed E-state index contributed by atoms with van der Waals surface area (Å²) < 4.78 is 29.5. The zero-order chi connectivity index (χ0) is 48.9. The standard InChI is InChI=1S/C52H81NO13/c1-11-38-21-22-39-29-43(62-8)32(3)18-14-12-13-17-31(2)25-35(6)46(56)48(64-10)47(57)36(7)26-33(4)42(55)30-44(34(5)27-37-20-23-41(54)45(28-37)63-9)65-51(60)40-19-15-16-24-53(40)50(59)49(58)52(38,61)66-39/h12-14,17-18,26,31,33-35,37-41,43-45,47-48,54,57,61H,11,15-16,19-25,27-30H2,1-10H3/b14-12?,17-13+,32-18?,36-26-/t31-,33-,34-,35-,37+,38-,39+,40?,41-,43+,44+,45-,47-,48+,52+/m1/s1. The number of Topliss-reactive ketones (excluding diaryl/α,β-unsaturated/α-hetero) is 3. The maximum Gasteiger partial charge on any atom is 0.329 e. The largest absolute Gasteiger partial charge is 0.460 e. The van der Waals surface area contributed by atoms with Gasteiger partial charge in [0.1, 0.15) is 30.1 Å². The van der Waals surface area contributed by atoms with Gasteiger partial charge in [-0.3, -0.25) is 19.2 Å². The second-order valence-corrected chi connectivity index (χ2v) is 19.8. The van der Waals surface area contributed by atoms with Crippen LogP contribution < -0.4 is 0 Å². The number of aliphatic hydroxyl groups excluding tert-OH is 2. The molecule has 3 N–H and O–H groups in total. The van der Waals surface area contributed by atoms with E-state index >= 15 is 0 Å². The zero-order valence-corrected chi connectivity index (χ0v) is 41.3. The van der Waals surface area contributed by atoms with Crippen LogP contribution >= 0.6 is 0 Å². The number of nitrogens with zero attached hydrogens (tertiary/aromatic N) is 1. The highest BCUT2D eigenvalue weighted by Gasteiger charge is 2.54. The molecule has 1 aliphatic carbocycles. The van der Waals surface area contributed by atoms with Gasteiger partial charge in [0.05, 0.1) is 24.4 Å². The molecule has 3 fully saturated rings. The third-order valence-electron chi connectivity index (χ3n) is 14.8. The number of aliphatic hydroxyl groups is 3. The Kier molecular flexibility index (Phi) is 21.6. The lowest BCUT2D eigenvalue weighted by Crippen LogP contribution is -2.61. The van der Waals surface area contributed by atoms with Crippen LogP contribution in [0.2, 0.25) is 0 Å². The SMILES string of the molecule is CC[C@@H]1CC[C@H]2C[C@H](OC)C(C)=CC=C/C=C/[C@@H](C)C[C@@H](C)C(=O)[C@H](OC)[C@H](O)/C(C)=C\[C@@H](C)C(=O)C[C@@H]([C@H](C)C[C@@H]3CC[C@@H](O)[C@H](OC)C3)OC(=O)C3CCCCN3C(=O)C(=O)[C@@]1(O)O2. The number of methoxy groups -OCH3 is 3. The monoisotopic (exact) mass is 928 g/mol. The Morgan fingerprint density at radius 1 is 0.864 bits per heavy atom. The van der Waals surface area contributed by atoms with Crippen molar-refractivity contribution >= 4 is 29.2 Å². The van der Waals surface area contributed by atoms with Crippen LogP contribution in [0.15, 0.2) is 47.6 Å². The van der Waals surface area contributed by atoms with Crippen molar-refractivity contribution in [3.63, 3.8) is 0 Å². The van der Waals surface area contributed by atoms with Gasteiger partial charge in [0.25, 0.3) is 11.7 Å². The molecule has 0 aromatic heterocycles. The van der Waals surface area contributed by atoms with Crippen molar-refractivity contribution in [3.05, 3.63) is 47.6 Å². The Hall–Kier alpha value is -3.37. The molecule has 2 saturated heterocycles. The Bertz CT molecular complexity index is 1770. The Morgan fingerprint density at radius 3 is 2.26 bits per heavy atom. The number of fused-ring (bicyclic) bond motifs is 3. The van der Waals surface area contributed by atoms with E-state index in [1.165, 1.54) is 12.0 Å². The first-order chi connectivity index (χ1) is 31.3. The summed E-state index contributed by atoms with van der Waals surface area (Å²) in [5, 5.41) is 34.1. The zero-order valence-electron chi connectivity index (χ0n) is 41.3. The van der Waals surface area contributed by atoms with E-state index in [-0.39, 0.29) is 54.8 Å². The van der Waals surface area contributed by atoms with Crippen LogP contribution in [-0.2, 0) is 47.7 Å². The maximum atomic E-state index is 14.4. The molecule has 0 aromatic carbocycles. The molecule has 4 aliphatic rings. The molecule has 2 bridgehead atoms. The fourth-order valence-electron chi connectivity index (χ4n) is 10.5. The predicted octanol–water partition coefficient (Wildman–Crippen LogP) is 6.57. The Morgan fingerprint density at radius 2 is 1.59 bits per heavy atom. The average Bonchev–Trinajstić information content (AvgIpc) is 3.29. The van der Waals surface area contributed by atoms with Crippen LogP contribution in [0.3, 0.4) is 0 Å². The van der Waals surface area contributed by atoms with E-state index in [1.807, 2.05) is 65.0 Å². The van der Waals surface area contributed by atoms with E-state index in [2.05, 4.69) is 0 Å². The number of hydrogen-bond acceptors (Lipinski definition) is 13. The highest BCUT2D eigenvalue weighted by Crippen LogP contribution is 2.39. The van der Waals surface area contributed by atoms with Crippen molar-refractivity contribution in [1.29, 1.82) is 0 Å². The molecule has 15 atom stereocenters. The van der Waals surface area contributed by atoms with Crippen LogP contribution in [0.1, 0.15) is 132 Å². The molecule has 0 aromatic rings. The third kappa shape index (κ3) is 14.3. The molecule has 0 radical (unpaired) electrons. The molecule has 66 heavy (non-hydrogen) atoms. The minimum absolute atomic E-state index is 0.0189. The van der Waals surface area contributed by atoms with E-state index < -0.39 is 83.9 Å². The van der Waals surface area contributed by atoms with Crippen molar-refractivity contribution in [2.45, 2.75) is 186 Å². The van der Waals surface area contributed by atoms with Crippen molar-refractivity contribution in [1.82, 2.24) is 4.90 Å². The minimum atomic E-state index is -2.42. The predicted molar refractivity (Wildman–Crippen MR) is 250 cm³/mol. The van der Waals surface area contributed by atoms with Crippen LogP contribution in [0.25, 0.3) is 0 Å². The Labute approximate surface area is 393 Å². The van der Waals surface area contributed by atoms with Gasteiger partial charge in [-0.1, -0.05) is 71.1 Å². The summed E-state index contributed by atoms with van der Waals surface area (Å²) in [7, 11) is 4.53. The molecule has 4 rings (SSSR count). The summed E-state index contributed by atoms with van der Waals surface area (Å²) in [5.74, 6) is -7.87. The maximum absolute atomic E-state index is 14.4. The molecule has 3 heterocycles. The molecule has 1 unspecified atom stereocenters. The van der Waals surface area contributed by atoms with Gasteiger partial charge < -0.3 is 43.9 Å². The number of amides is 1. The number of hydrogen-bond donors (Lipinski definition) is 3. The van der Waals surface area contributed by atoms with E-state index in [4.69, 9.17) is 23.7 Å². The number of allylic oxidation sites excluding steroid dienone is 6. The van der Waals surface area contributed by atoms with Gasteiger partial charge in [0.15, 0.2) is 5.78 Å². The van der Waals surface area contributed by atoms with Crippen LogP contribution in [0.4, 0.5) is 0 Å². The highest BCUT2D eigenvalue weighted by atomic mass is 16.6. The summed E-state index contributed by atoms with van der Waals surface area (Å²) in [6, 6.07) is -1.14. The molecule has 1 saturated carbocycles. The molecule has 0 spiro atoms. The van der Waals surface area contributed by atoms with Crippen molar-refractivity contribution in [2.75, 3.05) is 27.9 Å². The van der Waals surface area contributed by atoms with Gasteiger partial charge in [-0.2, -0.15) is 0 Å². The highest BCUT2D eigenvalue weighted by molar-refractivity contribution is 6.39. The number of rotatable bonds is 7. The topological polar surface area (TPSA) is 195 Å². The van der Waals surface area contributed by atoms with E-state index in [1.54, 1.807) is 34.1 Å². The van der Waals surface area contributed by atoms with E-state index in [0.29, 0.717) is 69.8 Å². The fourth-order valence-corrected chi connectivity index (χ4v) is 10.5. The molecule has 3 aliphatic heterocycles.